The van der Waals surface area contributed by atoms with Crippen LogP contribution in [0.3, 0.4) is 0 Å². The molecule has 0 bridgehead atoms. The van der Waals surface area contributed by atoms with Gasteiger partial charge in [-0.15, -0.1) is 18.3 Å². The van der Waals surface area contributed by atoms with E-state index in [1.807, 2.05) is 26.0 Å². The summed E-state index contributed by atoms with van der Waals surface area (Å²) in [6.45, 7) is 4.86. The molecule has 10 nitrogen and oxygen atoms in total. The predicted molar refractivity (Wildman–Crippen MR) is 140 cm³/mol. The Labute approximate surface area is 232 Å². The molecule has 214 valence electrons. The molecule has 1 atom stereocenters. The number of carboxylic acids is 1. The minimum atomic E-state index is -4.92. The Kier molecular flexibility index (Phi) is 8.26. The third kappa shape index (κ3) is 6.62. The molecule has 1 aliphatic heterocycles. The zero-order valence-corrected chi connectivity index (χ0v) is 22.1. The molecule has 0 radical (unpaired) electrons. The number of aliphatic hydroxyl groups excluding tert-OH is 1. The van der Waals surface area contributed by atoms with Gasteiger partial charge in [-0.25, -0.2) is 4.79 Å². The summed E-state index contributed by atoms with van der Waals surface area (Å²) < 4.78 is 42.3. The van der Waals surface area contributed by atoms with E-state index in [1.165, 1.54) is 18.2 Å². The molecular weight excluding hydrogens is 545 g/mol. The summed E-state index contributed by atoms with van der Waals surface area (Å²) in [6.07, 6.45) is -4.92. The van der Waals surface area contributed by atoms with Crippen molar-refractivity contribution in [1.29, 1.82) is 0 Å². The molecular formula is C28H25F3N4O6. The quantitative estimate of drug-likeness (QED) is 0.264. The van der Waals surface area contributed by atoms with Crippen molar-refractivity contribution in [2.75, 3.05) is 11.5 Å². The number of benzene rings is 2. The Bertz CT molecular complexity index is 1490. The molecule has 13 heteroatoms. The Morgan fingerprint density at radius 1 is 1.05 bits per heavy atom. The van der Waals surface area contributed by atoms with Crippen molar-refractivity contribution in [2.24, 2.45) is 5.16 Å². The number of ether oxygens (including phenoxy) is 1. The largest absolute Gasteiger partial charge is 0.573 e. The molecule has 0 saturated carbocycles. The van der Waals surface area contributed by atoms with Gasteiger partial charge in [-0.1, -0.05) is 55.4 Å². The van der Waals surface area contributed by atoms with Gasteiger partial charge in [0.05, 0.1) is 17.3 Å². The van der Waals surface area contributed by atoms with Crippen LogP contribution in [0.5, 0.6) is 5.75 Å². The zero-order valence-electron chi connectivity index (χ0n) is 22.1. The molecule has 1 unspecified atom stereocenters. The first-order valence-corrected chi connectivity index (χ1v) is 12.3. The summed E-state index contributed by atoms with van der Waals surface area (Å²) in [5.74, 6) is -3.19. The van der Waals surface area contributed by atoms with E-state index in [4.69, 9.17) is 9.94 Å². The monoisotopic (exact) mass is 570 g/mol. The number of carbonyl (C=O) groups excluding carboxylic acids is 1. The number of alkyl halides is 3. The number of aliphatic hydroxyl groups is 1. The number of amides is 1. The van der Waals surface area contributed by atoms with Crippen molar-refractivity contribution >= 4 is 23.4 Å². The van der Waals surface area contributed by atoms with Crippen molar-refractivity contribution in [3.05, 3.63) is 94.4 Å². The van der Waals surface area contributed by atoms with Gasteiger partial charge >= 0.3 is 12.3 Å². The van der Waals surface area contributed by atoms with E-state index in [-0.39, 0.29) is 28.6 Å². The van der Waals surface area contributed by atoms with Gasteiger partial charge < -0.3 is 19.8 Å². The van der Waals surface area contributed by atoms with E-state index in [1.54, 1.807) is 25.1 Å². The number of rotatable bonds is 9. The van der Waals surface area contributed by atoms with Gasteiger partial charge in [0.15, 0.2) is 11.6 Å². The van der Waals surface area contributed by atoms with Crippen molar-refractivity contribution < 1.29 is 42.5 Å². The van der Waals surface area contributed by atoms with Crippen LogP contribution < -0.4 is 9.64 Å². The molecule has 41 heavy (non-hydrogen) atoms. The Morgan fingerprint density at radius 2 is 1.71 bits per heavy atom. The lowest BCUT2D eigenvalue weighted by Crippen LogP contribution is -2.32. The highest BCUT2D eigenvalue weighted by Crippen LogP contribution is 2.42. The molecule has 0 aliphatic carbocycles. The molecule has 0 spiro atoms. The van der Waals surface area contributed by atoms with Gasteiger partial charge in [0.25, 0.3) is 5.91 Å². The molecule has 0 saturated heterocycles. The predicted octanol–water partition coefficient (Wildman–Crippen LogP) is 5.21. The molecule has 1 aromatic heterocycles. The third-order valence-electron chi connectivity index (χ3n) is 6.12. The van der Waals surface area contributed by atoms with Gasteiger partial charge in [-0.3, -0.25) is 9.69 Å². The van der Waals surface area contributed by atoms with Crippen LogP contribution in [0.2, 0.25) is 0 Å². The van der Waals surface area contributed by atoms with Crippen LogP contribution in [0.15, 0.2) is 77.2 Å². The standard InChI is InChI=1S/C28H25F3N4O6/c1-15(2)17-5-7-18(8-6-17)24(34-40-14-22(36)37)23-25(19-9-11-20(12-10-19)41-28(29,30)31)35(27(39)26(23)38)21-13-4-16(3)32-33-21/h4-13,15,25,38H,14H2,1-3H3,(H,36,37). The summed E-state index contributed by atoms with van der Waals surface area (Å²) in [5, 5.41) is 32.3. The number of aliphatic carboxylic acids is 1. The molecule has 2 heterocycles. The maximum absolute atomic E-state index is 13.5. The van der Waals surface area contributed by atoms with E-state index in [0.717, 1.165) is 22.6 Å². The SMILES string of the molecule is Cc1ccc(N2C(=O)C(O)=C(C(=NOCC(=O)O)c3ccc(C(C)C)cc3)C2c2ccc(OC(F)(F)F)cc2)nn1. The molecule has 3 aromatic rings. The van der Waals surface area contributed by atoms with E-state index in [9.17, 15) is 27.9 Å². The first kappa shape index (κ1) is 29.1. The molecule has 1 amide bonds. The Morgan fingerprint density at radius 3 is 2.24 bits per heavy atom. The number of anilines is 1. The van der Waals surface area contributed by atoms with Crippen LogP contribution in [-0.4, -0.2) is 51.0 Å². The van der Waals surface area contributed by atoms with Crippen molar-refractivity contribution in [2.45, 2.75) is 39.1 Å². The minimum Gasteiger partial charge on any atom is -0.503 e. The number of aromatic nitrogens is 2. The smallest absolute Gasteiger partial charge is 0.503 e. The van der Waals surface area contributed by atoms with E-state index < -0.39 is 42.4 Å². The number of halogens is 3. The second kappa shape index (κ2) is 11.7. The van der Waals surface area contributed by atoms with Gasteiger partial charge in [-0.2, -0.15) is 5.10 Å². The Hall–Kier alpha value is -4.94. The van der Waals surface area contributed by atoms with E-state index in [2.05, 4.69) is 20.1 Å². The number of nitrogens with zero attached hydrogens (tertiary/aromatic N) is 4. The van der Waals surface area contributed by atoms with E-state index >= 15 is 0 Å². The highest BCUT2D eigenvalue weighted by atomic mass is 19.4. The second-order valence-electron chi connectivity index (χ2n) is 9.37. The summed E-state index contributed by atoms with van der Waals surface area (Å²) in [6, 6.07) is 13.6. The summed E-state index contributed by atoms with van der Waals surface area (Å²) in [4.78, 5) is 30.8. The lowest BCUT2D eigenvalue weighted by atomic mass is 9.91. The first-order chi connectivity index (χ1) is 19.4. The minimum absolute atomic E-state index is 0.0451. The number of carbonyl (C=O) groups is 2. The fourth-order valence-corrected chi connectivity index (χ4v) is 4.21. The number of oxime groups is 1. The molecule has 0 fully saturated rings. The fraction of sp³-hybridized carbons (Fsp3) is 0.250. The van der Waals surface area contributed by atoms with Crippen molar-refractivity contribution in [3.63, 3.8) is 0 Å². The van der Waals surface area contributed by atoms with Crippen LogP contribution in [0.1, 0.15) is 48.2 Å². The first-order valence-electron chi connectivity index (χ1n) is 12.3. The van der Waals surface area contributed by atoms with Crippen LogP contribution in [0.4, 0.5) is 19.0 Å². The second-order valence-corrected chi connectivity index (χ2v) is 9.37. The normalized spacial score (nSPS) is 16.0. The summed E-state index contributed by atoms with van der Waals surface area (Å²) >= 11 is 0. The number of hydrogen-bond donors (Lipinski definition) is 2. The van der Waals surface area contributed by atoms with Gasteiger partial charge in [0, 0.05) is 5.56 Å². The maximum atomic E-state index is 13.5. The molecule has 4 rings (SSSR count). The summed E-state index contributed by atoms with van der Waals surface area (Å²) in [5.41, 5.74) is 2.04. The third-order valence-corrected chi connectivity index (χ3v) is 6.12. The highest BCUT2D eigenvalue weighted by molar-refractivity contribution is 6.22. The van der Waals surface area contributed by atoms with Crippen LogP contribution in [-0.2, 0) is 14.4 Å². The number of hydrogen-bond acceptors (Lipinski definition) is 8. The molecule has 1 aliphatic rings. The van der Waals surface area contributed by atoms with Gasteiger partial charge in [0.1, 0.15) is 11.5 Å². The average molecular weight is 571 g/mol. The van der Waals surface area contributed by atoms with Crippen LogP contribution >= 0.6 is 0 Å². The maximum Gasteiger partial charge on any atom is 0.573 e. The number of aryl methyl sites for hydroxylation is 1. The van der Waals surface area contributed by atoms with Crippen molar-refractivity contribution in [3.8, 4) is 5.75 Å². The molecule has 2 N–H and O–H groups in total. The lowest BCUT2D eigenvalue weighted by molar-refractivity contribution is -0.274. The summed E-state index contributed by atoms with van der Waals surface area (Å²) in [7, 11) is 0. The molecule has 2 aromatic carbocycles. The highest BCUT2D eigenvalue weighted by Gasteiger charge is 2.45. The Balaban J connectivity index is 1.88. The zero-order chi connectivity index (χ0) is 29.9. The van der Waals surface area contributed by atoms with Crippen molar-refractivity contribution in [1.82, 2.24) is 10.2 Å². The topological polar surface area (TPSA) is 134 Å². The van der Waals surface area contributed by atoms with E-state index in [0.29, 0.717) is 11.3 Å². The average Bonchev–Trinajstić information content (AvgIpc) is 3.16. The van der Waals surface area contributed by atoms with Gasteiger partial charge in [-0.05, 0) is 48.2 Å². The van der Waals surface area contributed by atoms with Gasteiger partial charge in [0.2, 0.25) is 6.61 Å². The number of carboxylic acid groups (broad SMARTS) is 1. The lowest BCUT2D eigenvalue weighted by Gasteiger charge is -2.26. The van der Waals surface area contributed by atoms with Crippen LogP contribution in [0, 0.1) is 6.92 Å². The van der Waals surface area contributed by atoms with Crippen LogP contribution in [0.25, 0.3) is 0 Å². The fourth-order valence-electron chi connectivity index (χ4n) is 4.21.